The Hall–Kier alpha value is 1.00. The number of halogens is 4. The van der Waals surface area contributed by atoms with Gasteiger partial charge in [0, 0.05) is 26.4 Å². The van der Waals surface area contributed by atoms with Gasteiger partial charge in [0.15, 0.2) is 0 Å². The first-order valence-corrected chi connectivity index (χ1v) is 7.30. The molecule has 0 fully saturated rings. The van der Waals surface area contributed by atoms with Crippen LogP contribution in [0.25, 0.3) is 0 Å². The van der Waals surface area contributed by atoms with E-state index in [1.54, 1.807) is 27.7 Å². The Bertz CT molecular complexity index is 41.3. The van der Waals surface area contributed by atoms with E-state index in [0.717, 1.165) is 0 Å². The molecule has 8 heteroatoms. The van der Waals surface area contributed by atoms with E-state index in [9.17, 15) is 0 Å². The van der Waals surface area contributed by atoms with Crippen LogP contribution >= 0.6 is 46.4 Å². The Morgan fingerprint density at radius 1 is 0.500 bits per heavy atom. The Labute approximate surface area is 131 Å². The summed E-state index contributed by atoms with van der Waals surface area (Å²) in [6.07, 6.45) is 0. The molecule has 0 aromatic heterocycles. The molecule has 4 N–H and O–H groups in total. The molecule has 0 bridgehead atoms. The first kappa shape index (κ1) is 36.4. The minimum atomic E-state index is 0.194. The average molecular weight is 354 g/mol. The van der Waals surface area contributed by atoms with Crippen molar-refractivity contribution in [2.45, 2.75) is 27.7 Å². The van der Waals surface area contributed by atoms with Crippen molar-refractivity contribution in [3.05, 3.63) is 0 Å². The smallest absolute Gasteiger partial charge is 0.0967 e. The number of hydrogen-bond acceptors (Lipinski definition) is 4. The fourth-order valence-electron chi connectivity index (χ4n) is 0. The molecule has 0 atom stereocenters. The van der Waals surface area contributed by atoms with E-state index in [0.29, 0.717) is 0 Å². The third-order valence-corrected chi connectivity index (χ3v) is 0. The van der Waals surface area contributed by atoms with Crippen molar-refractivity contribution in [2.75, 3.05) is 37.1 Å². The summed E-state index contributed by atoms with van der Waals surface area (Å²) in [5.41, 5.74) is 0. The van der Waals surface area contributed by atoms with Gasteiger partial charge in [0.05, 0.1) is 10.7 Å². The summed E-state index contributed by atoms with van der Waals surface area (Å²) in [5.74, 6) is 0. The molecule has 0 aromatic carbocycles. The normalized spacial score (nSPS) is 6.00. The van der Waals surface area contributed by atoms with Crippen molar-refractivity contribution in [3.8, 4) is 0 Å². The minimum Gasteiger partial charge on any atom is -0.397 e. The summed E-state index contributed by atoms with van der Waals surface area (Å²) in [7, 11) is 0. The van der Waals surface area contributed by atoms with Crippen molar-refractivity contribution >= 4 is 46.4 Å². The molecular weight excluding hydrogens is 326 g/mol. The summed E-state index contributed by atoms with van der Waals surface area (Å²) in [5, 5.41) is 30.7. The summed E-state index contributed by atoms with van der Waals surface area (Å²) in [6.45, 7) is 7.72. The van der Waals surface area contributed by atoms with E-state index in [2.05, 4.69) is 0 Å². The van der Waals surface area contributed by atoms with Crippen LogP contribution < -0.4 is 0 Å². The maximum Gasteiger partial charge on any atom is 0.0967 e. The molecule has 0 aliphatic heterocycles. The number of rotatable bonds is 0. The highest BCUT2D eigenvalue weighted by Crippen LogP contribution is 1.73. The van der Waals surface area contributed by atoms with Crippen molar-refractivity contribution in [1.82, 2.24) is 0 Å². The van der Waals surface area contributed by atoms with Gasteiger partial charge in [0.2, 0.25) is 0 Å². The highest BCUT2D eigenvalue weighted by Gasteiger charge is 1.42. The lowest BCUT2D eigenvalue weighted by atomic mass is 10.9. The third-order valence-electron chi connectivity index (χ3n) is 0. The molecule has 0 unspecified atom stereocenters. The van der Waals surface area contributed by atoms with Crippen LogP contribution in [0.4, 0.5) is 0 Å². The SMILES string of the molecule is CCO.CCO.CCO.CCO.ClCCl.ClCCl. The van der Waals surface area contributed by atoms with Crippen LogP contribution in [0.15, 0.2) is 0 Å². The zero-order chi connectivity index (χ0) is 16.2. The van der Waals surface area contributed by atoms with E-state index in [-0.39, 0.29) is 37.1 Å². The van der Waals surface area contributed by atoms with E-state index >= 15 is 0 Å². The largest absolute Gasteiger partial charge is 0.397 e. The van der Waals surface area contributed by atoms with Crippen LogP contribution in [0.5, 0.6) is 0 Å². The molecule has 0 radical (unpaired) electrons. The zero-order valence-corrected chi connectivity index (χ0v) is 14.6. The van der Waals surface area contributed by atoms with Gasteiger partial charge in [-0.3, -0.25) is 0 Å². The van der Waals surface area contributed by atoms with E-state index in [1.165, 1.54) is 0 Å². The highest BCUT2D eigenvalue weighted by molar-refractivity contribution is 6.40. The van der Waals surface area contributed by atoms with Gasteiger partial charge in [0.1, 0.15) is 0 Å². The molecule has 0 rings (SSSR count). The Kier molecular flexibility index (Phi) is 215. The first-order valence-electron chi connectivity index (χ1n) is 5.16. The molecule has 0 aromatic rings. The van der Waals surface area contributed by atoms with Gasteiger partial charge in [-0.05, 0) is 27.7 Å². The number of hydrogen-bond donors (Lipinski definition) is 4. The quantitative estimate of drug-likeness (QED) is 0.505. The Balaban J connectivity index is -0.0000000240. The topological polar surface area (TPSA) is 80.9 Å². The lowest BCUT2D eigenvalue weighted by Gasteiger charge is -1.52. The molecule has 4 nitrogen and oxygen atoms in total. The second-order valence-corrected chi connectivity index (χ2v) is 3.08. The summed E-state index contributed by atoms with van der Waals surface area (Å²) in [4.78, 5) is 0. The van der Waals surface area contributed by atoms with Crippen LogP contribution in [0, 0.1) is 0 Å². The second-order valence-electron chi connectivity index (χ2n) is 1.47. The van der Waals surface area contributed by atoms with Crippen LogP contribution in [0.1, 0.15) is 27.7 Å². The number of alkyl halides is 4. The fourth-order valence-corrected chi connectivity index (χ4v) is 0. The summed E-state index contributed by atoms with van der Waals surface area (Å²) in [6, 6.07) is 0. The molecule has 18 heavy (non-hydrogen) atoms. The molecule has 0 aliphatic carbocycles. The molecule has 0 saturated heterocycles. The fraction of sp³-hybridized carbons (Fsp3) is 1.00. The highest BCUT2D eigenvalue weighted by atomic mass is 35.5. The lowest BCUT2D eigenvalue weighted by molar-refractivity contribution is 0.318. The van der Waals surface area contributed by atoms with Gasteiger partial charge >= 0.3 is 0 Å². The van der Waals surface area contributed by atoms with Crippen molar-refractivity contribution < 1.29 is 20.4 Å². The van der Waals surface area contributed by atoms with Crippen LogP contribution in [-0.2, 0) is 0 Å². The summed E-state index contributed by atoms with van der Waals surface area (Å²) >= 11 is 19.1. The number of aliphatic hydroxyl groups is 4. The van der Waals surface area contributed by atoms with Gasteiger partial charge < -0.3 is 20.4 Å². The standard InChI is InChI=1S/4C2H6O.2CH2Cl2/c4*1-2-3;2*2-1-3/h4*3H,2H2,1H3;2*1H2. The monoisotopic (exact) mass is 352 g/mol. The predicted molar refractivity (Wildman–Crippen MR) is 84.2 cm³/mol. The van der Waals surface area contributed by atoms with Gasteiger partial charge in [-0.1, -0.05) is 0 Å². The van der Waals surface area contributed by atoms with Crippen molar-refractivity contribution in [1.29, 1.82) is 0 Å². The van der Waals surface area contributed by atoms with Crippen LogP contribution in [0.2, 0.25) is 0 Å². The predicted octanol–water partition coefficient (Wildman–Crippen LogP) is 2.84. The Morgan fingerprint density at radius 2 is 0.500 bits per heavy atom. The van der Waals surface area contributed by atoms with E-state index in [4.69, 9.17) is 66.8 Å². The Morgan fingerprint density at radius 3 is 0.500 bits per heavy atom. The average Bonchev–Trinajstić information content (AvgIpc) is 2.23. The zero-order valence-electron chi connectivity index (χ0n) is 11.5. The van der Waals surface area contributed by atoms with E-state index in [1.807, 2.05) is 0 Å². The first-order chi connectivity index (χ1) is 8.49. The lowest BCUT2D eigenvalue weighted by Crippen LogP contribution is -1.57. The molecule has 120 valence electrons. The van der Waals surface area contributed by atoms with Gasteiger partial charge in [-0.15, -0.1) is 46.4 Å². The van der Waals surface area contributed by atoms with E-state index < -0.39 is 0 Å². The maximum absolute atomic E-state index is 7.57. The van der Waals surface area contributed by atoms with Crippen LogP contribution in [0.3, 0.4) is 0 Å². The van der Waals surface area contributed by atoms with Gasteiger partial charge in [0.25, 0.3) is 0 Å². The maximum atomic E-state index is 7.57. The minimum absolute atomic E-state index is 0.194. The number of aliphatic hydroxyl groups excluding tert-OH is 4. The molecule has 0 aliphatic rings. The molecule has 0 amide bonds. The third kappa shape index (κ3) is 4350. The van der Waals surface area contributed by atoms with Crippen molar-refractivity contribution in [2.24, 2.45) is 0 Å². The van der Waals surface area contributed by atoms with Gasteiger partial charge in [-0.25, -0.2) is 0 Å². The second kappa shape index (κ2) is 106. The molecule has 0 heterocycles. The molecule has 0 spiro atoms. The van der Waals surface area contributed by atoms with Gasteiger partial charge in [-0.2, -0.15) is 0 Å². The molecule has 0 saturated carbocycles. The molecular formula is C10H28Cl4O4. The van der Waals surface area contributed by atoms with Crippen LogP contribution in [-0.4, -0.2) is 57.5 Å². The summed E-state index contributed by atoms with van der Waals surface area (Å²) < 4.78 is 0. The van der Waals surface area contributed by atoms with Crippen molar-refractivity contribution in [3.63, 3.8) is 0 Å².